The number of carbonyl (C=O) groups excluding carboxylic acids is 1. The van der Waals surface area contributed by atoms with Gasteiger partial charge in [-0.25, -0.2) is 4.98 Å². The number of methoxy groups -OCH3 is 3. The van der Waals surface area contributed by atoms with Crippen LogP contribution in [-0.4, -0.2) is 85.4 Å². The Morgan fingerprint density at radius 1 is 0.959 bits per heavy atom. The molecule has 49 heavy (non-hydrogen) atoms. The van der Waals surface area contributed by atoms with Crippen molar-refractivity contribution in [3.63, 3.8) is 0 Å². The molecule has 260 valence electrons. The van der Waals surface area contributed by atoms with Crippen molar-refractivity contribution in [1.29, 1.82) is 0 Å². The van der Waals surface area contributed by atoms with Crippen LogP contribution in [0.15, 0.2) is 66.7 Å². The molecule has 4 aromatic rings. The molecule has 2 saturated heterocycles. The van der Waals surface area contributed by atoms with Gasteiger partial charge in [-0.2, -0.15) is 0 Å². The van der Waals surface area contributed by atoms with Gasteiger partial charge in [-0.05, 0) is 94.0 Å². The summed E-state index contributed by atoms with van der Waals surface area (Å²) in [6.07, 6.45) is 8.31. The van der Waals surface area contributed by atoms with Gasteiger partial charge in [0.25, 0.3) is 5.91 Å². The van der Waals surface area contributed by atoms with Crippen LogP contribution in [0.1, 0.15) is 59.7 Å². The highest BCUT2D eigenvalue weighted by Crippen LogP contribution is 2.42. The smallest absolute Gasteiger partial charge is 0.254 e. The van der Waals surface area contributed by atoms with Crippen LogP contribution in [0.4, 0.5) is 5.95 Å². The second-order valence-corrected chi connectivity index (χ2v) is 13.6. The predicted molar refractivity (Wildman–Crippen MR) is 196 cm³/mol. The number of likely N-dealkylation sites (tertiary alicyclic amines) is 2. The highest BCUT2D eigenvalue weighted by Gasteiger charge is 2.42. The van der Waals surface area contributed by atoms with E-state index in [0.717, 1.165) is 68.8 Å². The number of imidazole rings is 1. The zero-order chi connectivity index (χ0) is 34.5. The lowest BCUT2D eigenvalue weighted by Gasteiger charge is -2.36. The molecule has 1 unspecified atom stereocenters. The number of nitrogens with zero attached hydrogens (tertiary/aromatic N) is 4. The first-order chi connectivity index (χ1) is 23.8. The van der Waals surface area contributed by atoms with Gasteiger partial charge in [0.2, 0.25) is 11.7 Å². The average molecular weight is 666 g/mol. The number of rotatable bonds is 12. The molecule has 3 heterocycles. The average Bonchev–Trinajstić information content (AvgIpc) is 3.72. The van der Waals surface area contributed by atoms with E-state index >= 15 is 0 Å². The molecule has 0 radical (unpaired) electrons. The fourth-order valence-electron chi connectivity index (χ4n) is 7.53. The molecular formula is C40H51N5O4. The van der Waals surface area contributed by atoms with Crippen molar-refractivity contribution in [2.75, 3.05) is 59.4 Å². The number of fused-ring (bicyclic) bond motifs is 1. The van der Waals surface area contributed by atoms with Crippen LogP contribution >= 0.6 is 0 Å². The van der Waals surface area contributed by atoms with Gasteiger partial charge in [-0.1, -0.05) is 42.5 Å². The SMILES string of the molecule is C/C=C/Cn1c(NC2CCN(CCC3(c4ccc(C)c(C)c4)CCN(C(=O)c4cc(OC)c(OC)c(OC)c4)C3)CC2)nc2ccccc21. The van der Waals surface area contributed by atoms with Gasteiger partial charge in [0.1, 0.15) is 0 Å². The van der Waals surface area contributed by atoms with Crippen LogP contribution < -0.4 is 19.5 Å². The molecule has 3 aromatic carbocycles. The van der Waals surface area contributed by atoms with E-state index in [-0.39, 0.29) is 11.3 Å². The minimum absolute atomic E-state index is 0.0164. The number of hydrogen-bond donors (Lipinski definition) is 1. The summed E-state index contributed by atoms with van der Waals surface area (Å²) in [4.78, 5) is 23.6. The quantitative estimate of drug-likeness (QED) is 0.163. The normalized spacial score (nSPS) is 18.8. The number of anilines is 1. The van der Waals surface area contributed by atoms with Crippen molar-refractivity contribution in [2.45, 2.75) is 64.5 Å². The lowest BCUT2D eigenvalue weighted by molar-refractivity contribution is 0.0779. The summed E-state index contributed by atoms with van der Waals surface area (Å²) < 4.78 is 18.9. The molecule has 0 saturated carbocycles. The van der Waals surface area contributed by atoms with Crippen molar-refractivity contribution >= 4 is 22.9 Å². The van der Waals surface area contributed by atoms with Crippen molar-refractivity contribution in [3.05, 3.63) is 89.0 Å². The molecule has 2 aliphatic heterocycles. The van der Waals surface area contributed by atoms with E-state index < -0.39 is 0 Å². The zero-order valence-corrected chi connectivity index (χ0v) is 29.9. The number of piperidine rings is 1. The van der Waals surface area contributed by atoms with Gasteiger partial charge in [-0.3, -0.25) is 4.79 Å². The third kappa shape index (κ3) is 7.13. The molecule has 1 N–H and O–H groups in total. The lowest BCUT2D eigenvalue weighted by atomic mass is 9.75. The fraction of sp³-hybridized carbons (Fsp3) is 0.450. The third-order valence-corrected chi connectivity index (χ3v) is 10.7. The Balaban J connectivity index is 1.15. The Bertz CT molecular complexity index is 1780. The Morgan fingerprint density at radius 3 is 2.37 bits per heavy atom. The van der Waals surface area contributed by atoms with Gasteiger partial charge < -0.3 is 33.9 Å². The number of para-hydroxylation sites is 2. The molecule has 9 nitrogen and oxygen atoms in total. The van der Waals surface area contributed by atoms with Gasteiger partial charge in [-0.15, -0.1) is 0 Å². The number of nitrogens with one attached hydrogen (secondary N) is 1. The largest absolute Gasteiger partial charge is 0.493 e. The molecule has 2 fully saturated rings. The van der Waals surface area contributed by atoms with Crippen LogP contribution in [0.3, 0.4) is 0 Å². The minimum atomic E-state index is -0.123. The Hall–Kier alpha value is -4.50. The molecule has 9 heteroatoms. The summed E-state index contributed by atoms with van der Waals surface area (Å²) >= 11 is 0. The second-order valence-electron chi connectivity index (χ2n) is 13.6. The van der Waals surface area contributed by atoms with E-state index in [1.54, 1.807) is 33.5 Å². The predicted octanol–water partition coefficient (Wildman–Crippen LogP) is 7.01. The molecule has 0 aliphatic carbocycles. The molecular weight excluding hydrogens is 614 g/mol. The van der Waals surface area contributed by atoms with E-state index in [9.17, 15) is 4.79 Å². The van der Waals surface area contributed by atoms with E-state index in [0.29, 0.717) is 41.9 Å². The lowest BCUT2D eigenvalue weighted by Crippen LogP contribution is -2.42. The molecule has 1 aromatic heterocycles. The first-order valence-corrected chi connectivity index (χ1v) is 17.5. The van der Waals surface area contributed by atoms with Gasteiger partial charge in [0.15, 0.2) is 11.5 Å². The molecule has 2 aliphatic rings. The summed E-state index contributed by atoms with van der Waals surface area (Å²) in [5, 5.41) is 3.79. The van der Waals surface area contributed by atoms with Crippen LogP contribution in [0.25, 0.3) is 11.0 Å². The molecule has 6 rings (SSSR count). The third-order valence-electron chi connectivity index (χ3n) is 10.7. The number of amides is 1. The molecule has 0 bridgehead atoms. The number of hydrogen-bond acceptors (Lipinski definition) is 7. The topological polar surface area (TPSA) is 81.1 Å². The maximum Gasteiger partial charge on any atom is 0.254 e. The Morgan fingerprint density at radius 2 is 1.69 bits per heavy atom. The van der Waals surface area contributed by atoms with E-state index in [2.05, 4.69) is 90.2 Å². The maximum absolute atomic E-state index is 14.0. The number of ether oxygens (including phenoxy) is 3. The summed E-state index contributed by atoms with van der Waals surface area (Å²) in [6.45, 7) is 11.6. The first kappa shape index (κ1) is 34.4. The van der Waals surface area contributed by atoms with Crippen molar-refractivity contribution in [3.8, 4) is 17.2 Å². The van der Waals surface area contributed by atoms with Crippen molar-refractivity contribution in [1.82, 2.24) is 19.4 Å². The summed E-state index contributed by atoms with van der Waals surface area (Å²) in [7, 11) is 4.72. The highest BCUT2D eigenvalue weighted by molar-refractivity contribution is 5.96. The van der Waals surface area contributed by atoms with Crippen LogP contribution in [-0.2, 0) is 12.0 Å². The minimum Gasteiger partial charge on any atom is -0.493 e. The number of aromatic nitrogens is 2. The van der Waals surface area contributed by atoms with E-state index in [4.69, 9.17) is 19.2 Å². The van der Waals surface area contributed by atoms with Gasteiger partial charge in [0, 0.05) is 49.7 Å². The number of allylic oxidation sites excluding steroid dienone is 2. The molecule has 1 amide bonds. The van der Waals surface area contributed by atoms with Crippen LogP contribution in [0.2, 0.25) is 0 Å². The zero-order valence-electron chi connectivity index (χ0n) is 29.9. The standard InChI is InChI=1S/C40H51N5O4/c1-7-8-19-45-34-12-10-9-11-33(34)42-39(45)41-32-15-20-43(21-16-32)22-17-40(31-14-13-28(2)29(3)24-31)18-23-44(27-40)38(46)30-25-35(47-4)37(49-6)36(26-30)48-5/h7-14,24-26,32H,15-23,27H2,1-6H3,(H,41,42)/b8-7+. The Kier molecular flexibility index (Phi) is 10.5. The van der Waals surface area contributed by atoms with Crippen molar-refractivity contribution in [2.24, 2.45) is 0 Å². The van der Waals surface area contributed by atoms with Crippen molar-refractivity contribution < 1.29 is 19.0 Å². The maximum atomic E-state index is 14.0. The van der Waals surface area contributed by atoms with E-state index in [1.165, 1.54) is 16.7 Å². The summed E-state index contributed by atoms with van der Waals surface area (Å²) in [5.74, 6) is 2.39. The summed E-state index contributed by atoms with van der Waals surface area (Å²) in [5.41, 5.74) is 6.51. The van der Waals surface area contributed by atoms with Gasteiger partial charge in [0.05, 0.1) is 32.4 Å². The monoisotopic (exact) mass is 665 g/mol. The molecule has 1 atom stereocenters. The van der Waals surface area contributed by atoms with E-state index in [1.807, 2.05) is 4.90 Å². The number of aryl methyl sites for hydroxylation is 2. The summed E-state index contributed by atoms with van der Waals surface area (Å²) in [6, 6.07) is 19.1. The number of benzene rings is 3. The van der Waals surface area contributed by atoms with Crippen LogP contribution in [0, 0.1) is 13.8 Å². The number of carbonyl (C=O) groups is 1. The molecule has 0 spiro atoms. The second kappa shape index (κ2) is 14.9. The van der Waals surface area contributed by atoms with Gasteiger partial charge >= 0.3 is 0 Å². The Labute approximate surface area is 290 Å². The first-order valence-electron chi connectivity index (χ1n) is 17.5. The fourth-order valence-corrected chi connectivity index (χ4v) is 7.53. The highest BCUT2D eigenvalue weighted by atomic mass is 16.5. The van der Waals surface area contributed by atoms with Crippen LogP contribution in [0.5, 0.6) is 17.2 Å².